The quantitative estimate of drug-likeness (QED) is 0.645. The molecule has 0 saturated heterocycles. The molecular formula is C16H12Cl2FNS. The summed E-state index contributed by atoms with van der Waals surface area (Å²) in [5.41, 5.74) is 6.93. The van der Waals surface area contributed by atoms with Crippen LogP contribution in [0.1, 0.15) is 11.1 Å². The number of benzene rings is 2. The zero-order valence-corrected chi connectivity index (χ0v) is 13.3. The van der Waals surface area contributed by atoms with Gasteiger partial charge in [-0.1, -0.05) is 41.1 Å². The predicted octanol–water partition coefficient (Wildman–Crippen LogP) is 4.74. The Labute approximate surface area is 137 Å². The van der Waals surface area contributed by atoms with Crippen LogP contribution in [0.25, 0.3) is 0 Å². The number of rotatable bonds is 3. The SMILES string of the molecule is NCC#Cc1cc(F)ccc1CSc1cc(Cl)ccc1Cl. The van der Waals surface area contributed by atoms with Gasteiger partial charge in [-0.15, -0.1) is 11.8 Å². The van der Waals surface area contributed by atoms with Crippen molar-refractivity contribution in [1.29, 1.82) is 0 Å². The third-order valence-corrected chi connectivity index (χ3v) is 4.45. The first-order chi connectivity index (χ1) is 10.1. The van der Waals surface area contributed by atoms with Gasteiger partial charge in [-0.3, -0.25) is 0 Å². The third kappa shape index (κ3) is 4.66. The van der Waals surface area contributed by atoms with E-state index in [-0.39, 0.29) is 12.4 Å². The van der Waals surface area contributed by atoms with Gasteiger partial charge in [-0.25, -0.2) is 4.39 Å². The standard InChI is InChI=1S/C16H12Cl2FNS/c17-13-4-6-15(18)16(9-13)21-10-12-3-5-14(19)8-11(12)2-1-7-20/h3-6,8-9H,7,10,20H2. The number of halogens is 3. The smallest absolute Gasteiger partial charge is 0.124 e. The van der Waals surface area contributed by atoms with Crippen molar-refractivity contribution in [3.63, 3.8) is 0 Å². The van der Waals surface area contributed by atoms with Crippen LogP contribution in [0.2, 0.25) is 10.0 Å². The second kappa shape index (κ2) is 7.72. The molecule has 5 heteroatoms. The van der Waals surface area contributed by atoms with Gasteiger partial charge in [0.2, 0.25) is 0 Å². The molecule has 0 spiro atoms. The molecule has 0 aliphatic rings. The van der Waals surface area contributed by atoms with Crippen molar-refractivity contribution in [3.8, 4) is 11.8 Å². The topological polar surface area (TPSA) is 26.0 Å². The summed E-state index contributed by atoms with van der Waals surface area (Å²) in [6.07, 6.45) is 0. The van der Waals surface area contributed by atoms with Gasteiger partial charge in [0.15, 0.2) is 0 Å². The van der Waals surface area contributed by atoms with Gasteiger partial charge in [0.1, 0.15) is 5.82 Å². The Bertz CT molecular complexity index is 707. The average Bonchev–Trinajstić information content (AvgIpc) is 2.47. The van der Waals surface area contributed by atoms with E-state index in [9.17, 15) is 4.39 Å². The van der Waals surface area contributed by atoms with Crippen molar-refractivity contribution >= 4 is 35.0 Å². The van der Waals surface area contributed by atoms with Crippen LogP contribution in [0.5, 0.6) is 0 Å². The van der Waals surface area contributed by atoms with Crippen molar-refractivity contribution in [2.45, 2.75) is 10.6 Å². The fraction of sp³-hybridized carbons (Fsp3) is 0.125. The summed E-state index contributed by atoms with van der Waals surface area (Å²) in [7, 11) is 0. The molecule has 0 saturated carbocycles. The lowest BCUT2D eigenvalue weighted by Gasteiger charge is -2.07. The molecule has 0 atom stereocenters. The summed E-state index contributed by atoms with van der Waals surface area (Å²) in [5.74, 6) is 5.94. The summed E-state index contributed by atoms with van der Waals surface area (Å²) < 4.78 is 13.3. The summed E-state index contributed by atoms with van der Waals surface area (Å²) in [6, 6.07) is 9.86. The number of thioether (sulfide) groups is 1. The van der Waals surface area contributed by atoms with Crippen LogP contribution < -0.4 is 5.73 Å². The van der Waals surface area contributed by atoms with E-state index in [0.29, 0.717) is 21.4 Å². The van der Waals surface area contributed by atoms with Gasteiger partial charge in [0.05, 0.1) is 11.6 Å². The van der Waals surface area contributed by atoms with E-state index in [1.807, 2.05) is 6.07 Å². The molecule has 2 rings (SSSR count). The average molecular weight is 340 g/mol. The van der Waals surface area contributed by atoms with Crippen LogP contribution >= 0.6 is 35.0 Å². The summed E-state index contributed by atoms with van der Waals surface area (Å²) in [6.45, 7) is 0.239. The summed E-state index contributed by atoms with van der Waals surface area (Å²) in [5, 5.41) is 1.27. The molecule has 2 N–H and O–H groups in total. The van der Waals surface area contributed by atoms with E-state index >= 15 is 0 Å². The van der Waals surface area contributed by atoms with E-state index in [1.54, 1.807) is 18.2 Å². The van der Waals surface area contributed by atoms with Gasteiger partial charge in [-0.2, -0.15) is 0 Å². The zero-order valence-electron chi connectivity index (χ0n) is 11.0. The van der Waals surface area contributed by atoms with Gasteiger partial charge in [0.25, 0.3) is 0 Å². The van der Waals surface area contributed by atoms with Crippen LogP contribution in [0.4, 0.5) is 4.39 Å². The van der Waals surface area contributed by atoms with Crippen LogP contribution in [0, 0.1) is 17.7 Å². The fourth-order valence-electron chi connectivity index (χ4n) is 1.68. The maximum absolute atomic E-state index is 13.3. The van der Waals surface area contributed by atoms with E-state index in [2.05, 4.69) is 11.8 Å². The van der Waals surface area contributed by atoms with E-state index in [0.717, 1.165) is 10.5 Å². The molecule has 1 nitrogen and oxygen atoms in total. The molecule has 0 radical (unpaired) electrons. The minimum Gasteiger partial charge on any atom is -0.320 e. The Hall–Kier alpha value is -1.18. The molecule has 0 heterocycles. The molecule has 0 fully saturated rings. The van der Waals surface area contributed by atoms with Crippen molar-refractivity contribution in [2.24, 2.45) is 5.73 Å². The first-order valence-corrected chi connectivity index (χ1v) is 7.89. The number of hydrogen-bond donors (Lipinski definition) is 1. The van der Waals surface area contributed by atoms with E-state index in [4.69, 9.17) is 28.9 Å². The zero-order chi connectivity index (χ0) is 15.2. The number of hydrogen-bond acceptors (Lipinski definition) is 2. The summed E-state index contributed by atoms with van der Waals surface area (Å²) >= 11 is 13.6. The van der Waals surface area contributed by atoms with Gasteiger partial charge in [-0.05, 0) is 35.9 Å². The minimum atomic E-state index is -0.314. The van der Waals surface area contributed by atoms with Gasteiger partial charge in [0, 0.05) is 21.2 Å². The highest BCUT2D eigenvalue weighted by molar-refractivity contribution is 7.98. The Morgan fingerprint density at radius 1 is 1.14 bits per heavy atom. The lowest BCUT2D eigenvalue weighted by atomic mass is 10.1. The number of nitrogens with two attached hydrogens (primary N) is 1. The second-order valence-electron chi connectivity index (χ2n) is 4.17. The largest absolute Gasteiger partial charge is 0.320 e. The van der Waals surface area contributed by atoms with Crippen molar-refractivity contribution in [2.75, 3.05) is 6.54 Å². The Kier molecular flexibility index (Phi) is 5.96. The molecule has 0 aliphatic heterocycles. The highest BCUT2D eigenvalue weighted by atomic mass is 35.5. The maximum Gasteiger partial charge on any atom is 0.124 e. The first-order valence-electron chi connectivity index (χ1n) is 6.15. The highest BCUT2D eigenvalue weighted by Crippen LogP contribution is 2.32. The Morgan fingerprint density at radius 3 is 2.71 bits per heavy atom. The lowest BCUT2D eigenvalue weighted by molar-refractivity contribution is 0.627. The Morgan fingerprint density at radius 2 is 1.95 bits per heavy atom. The molecule has 0 aliphatic carbocycles. The minimum absolute atomic E-state index is 0.239. The molecule has 0 unspecified atom stereocenters. The summed E-state index contributed by atoms with van der Waals surface area (Å²) in [4.78, 5) is 0.881. The predicted molar refractivity (Wildman–Crippen MR) is 88.4 cm³/mol. The van der Waals surface area contributed by atoms with Crippen LogP contribution in [-0.2, 0) is 5.75 Å². The normalized spacial score (nSPS) is 10.1. The van der Waals surface area contributed by atoms with Crippen LogP contribution in [-0.4, -0.2) is 6.54 Å². The first kappa shape index (κ1) is 16.2. The van der Waals surface area contributed by atoms with Crippen LogP contribution in [0.3, 0.4) is 0 Å². The van der Waals surface area contributed by atoms with Crippen molar-refractivity contribution < 1.29 is 4.39 Å². The van der Waals surface area contributed by atoms with Crippen molar-refractivity contribution in [3.05, 3.63) is 63.4 Å². The van der Waals surface area contributed by atoms with E-state index < -0.39 is 0 Å². The second-order valence-corrected chi connectivity index (χ2v) is 6.03. The van der Waals surface area contributed by atoms with Gasteiger partial charge >= 0.3 is 0 Å². The monoisotopic (exact) mass is 339 g/mol. The van der Waals surface area contributed by atoms with Gasteiger partial charge < -0.3 is 5.73 Å². The third-order valence-electron chi connectivity index (χ3n) is 2.67. The molecule has 0 bridgehead atoms. The molecule has 0 amide bonds. The molecule has 0 aromatic heterocycles. The van der Waals surface area contributed by atoms with Crippen LogP contribution in [0.15, 0.2) is 41.3 Å². The molecular weight excluding hydrogens is 328 g/mol. The Balaban J connectivity index is 2.21. The maximum atomic E-state index is 13.3. The highest BCUT2D eigenvalue weighted by Gasteiger charge is 2.06. The molecule has 2 aromatic rings. The fourth-order valence-corrected chi connectivity index (χ4v) is 3.18. The van der Waals surface area contributed by atoms with E-state index in [1.165, 1.54) is 23.9 Å². The molecule has 21 heavy (non-hydrogen) atoms. The van der Waals surface area contributed by atoms with Crippen molar-refractivity contribution in [1.82, 2.24) is 0 Å². The molecule has 108 valence electrons. The molecule has 2 aromatic carbocycles. The lowest BCUT2D eigenvalue weighted by Crippen LogP contribution is -1.95.